The number of benzene rings is 2. The molecule has 1 N–H and O–H groups in total. The van der Waals surface area contributed by atoms with Crippen LogP contribution in [0.5, 0.6) is 0 Å². The quantitative estimate of drug-likeness (QED) is 0.870. The van der Waals surface area contributed by atoms with Crippen molar-refractivity contribution in [2.75, 3.05) is 11.4 Å². The molecule has 0 saturated carbocycles. The summed E-state index contributed by atoms with van der Waals surface area (Å²) >= 11 is 0. The van der Waals surface area contributed by atoms with E-state index in [1.54, 1.807) is 18.2 Å². The molecule has 3 rings (SSSR count). The van der Waals surface area contributed by atoms with Gasteiger partial charge in [0.2, 0.25) is 0 Å². The van der Waals surface area contributed by atoms with Gasteiger partial charge in [-0.25, -0.2) is 0 Å². The number of carbonyl (C=O) groups excluding carboxylic acids is 2. The van der Waals surface area contributed by atoms with Gasteiger partial charge in [0.25, 0.3) is 5.91 Å². The van der Waals surface area contributed by atoms with Crippen LogP contribution in [-0.2, 0) is 10.4 Å². The molecule has 1 amide bonds. The molecule has 4 heteroatoms. The molecule has 0 radical (unpaired) electrons. The Balaban J connectivity index is 2.01. The topological polar surface area (TPSA) is 57.6 Å². The Morgan fingerprint density at radius 3 is 2.40 bits per heavy atom. The molecule has 25 heavy (non-hydrogen) atoms. The fourth-order valence-electron chi connectivity index (χ4n) is 3.58. The van der Waals surface area contributed by atoms with Crippen molar-refractivity contribution < 1.29 is 14.7 Å². The van der Waals surface area contributed by atoms with Gasteiger partial charge in [-0.3, -0.25) is 9.59 Å². The van der Waals surface area contributed by atoms with E-state index in [4.69, 9.17) is 0 Å². The molecule has 2 aromatic carbocycles. The zero-order valence-electron chi connectivity index (χ0n) is 15.1. The Labute approximate surface area is 148 Å². The monoisotopic (exact) mass is 337 g/mol. The Kier molecular flexibility index (Phi) is 4.25. The number of Topliss-reactive ketones (excluding diaryl/α,β-unsaturated/α-hetero) is 1. The summed E-state index contributed by atoms with van der Waals surface area (Å²) in [5.74, 6) is -0.643. The van der Waals surface area contributed by atoms with E-state index in [1.807, 2.05) is 45.9 Å². The molecule has 1 unspecified atom stereocenters. The van der Waals surface area contributed by atoms with Crippen molar-refractivity contribution >= 4 is 17.4 Å². The second-order valence-electron chi connectivity index (χ2n) is 6.78. The number of para-hydroxylation sites is 1. The lowest BCUT2D eigenvalue weighted by Crippen LogP contribution is -2.41. The highest BCUT2D eigenvalue weighted by molar-refractivity contribution is 6.11. The molecular weight excluding hydrogens is 314 g/mol. The number of hydrogen-bond donors (Lipinski definition) is 1. The van der Waals surface area contributed by atoms with Crippen molar-refractivity contribution in [2.45, 2.75) is 39.7 Å². The molecule has 130 valence electrons. The number of likely N-dealkylation sites (N-methyl/N-ethyl adjacent to an activating group) is 1. The predicted octanol–water partition coefficient (Wildman–Crippen LogP) is 3.44. The van der Waals surface area contributed by atoms with Crippen molar-refractivity contribution in [3.05, 3.63) is 64.2 Å². The highest BCUT2D eigenvalue weighted by atomic mass is 16.3. The van der Waals surface area contributed by atoms with Crippen molar-refractivity contribution in [3.8, 4) is 0 Å². The largest absolute Gasteiger partial charge is 0.375 e. The summed E-state index contributed by atoms with van der Waals surface area (Å²) in [6.07, 6.45) is -0.247. The molecule has 0 saturated heterocycles. The number of ketones is 1. The first kappa shape index (κ1) is 17.4. The van der Waals surface area contributed by atoms with Crippen LogP contribution in [0, 0.1) is 20.8 Å². The van der Waals surface area contributed by atoms with Crippen molar-refractivity contribution in [1.29, 1.82) is 0 Å². The van der Waals surface area contributed by atoms with E-state index in [9.17, 15) is 14.7 Å². The molecule has 1 heterocycles. The van der Waals surface area contributed by atoms with E-state index in [0.717, 1.165) is 16.7 Å². The number of anilines is 1. The zero-order chi connectivity index (χ0) is 18.4. The van der Waals surface area contributed by atoms with Gasteiger partial charge in [0.1, 0.15) is 0 Å². The van der Waals surface area contributed by atoms with Crippen molar-refractivity contribution in [2.24, 2.45) is 0 Å². The summed E-state index contributed by atoms with van der Waals surface area (Å²) in [6.45, 7) is 8.15. The lowest BCUT2D eigenvalue weighted by molar-refractivity contribution is -0.135. The van der Waals surface area contributed by atoms with Crippen LogP contribution >= 0.6 is 0 Å². The SMILES string of the molecule is CCN1C(=O)C(O)(CC(=O)c2cc(C)c(C)cc2C)c2ccccc21. The molecule has 1 aliphatic heterocycles. The maximum Gasteiger partial charge on any atom is 0.264 e. The van der Waals surface area contributed by atoms with Crippen LogP contribution in [0.3, 0.4) is 0 Å². The molecule has 0 aromatic heterocycles. The van der Waals surface area contributed by atoms with Gasteiger partial charge in [-0.1, -0.05) is 24.3 Å². The van der Waals surface area contributed by atoms with Crippen LogP contribution in [0.4, 0.5) is 5.69 Å². The Hall–Kier alpha value is -2.46. The van der Waals surface area contributed by atoms with Crippen LogP contribution in [0.15, 0.2) is 36.4 Å². The second kappa shape index (κ2) is 6.12. The molecule has 1 atom stereocenters. The summed E-state index contributed by atoms with van der Waals surface area (Å²) in [6, 6.07) is 11.0. The fourth-order valence-corrected chi connectivity index (χ4v) is 3.58. The van der Waals surface area contributed by atoms with Gasteiger partial charge in [0, 0.05) is 17.7 Å². The number of nitrogens with zero attached hydrogens (tertiary/aromatic N) is 1. The van der Waals surface area contributed by atoms with E-state index < -0.39 is 11.5 Å². The summed E-state index contributed by atoms with van der Waals surface area (Å²) in [4.78, 5) is 27.3. The zero-order valence-corrected chi connectivity index (χ0v) is 15.1. The molecule has 0 fully saturated rings. The van der Waals surface area contributed by atoms with E-state index >= 15 is 0 Å². The number of hydrogen-bond acceptors (Lipinski definition) is 3. The molecule has 4 nitrogen and oxygen atoms in total. The normalized spacial score (nSPS) is 19.2. The fraction of sp³-hybridized carbons (Fsp3) is 0.333. The van der Waals surface area contributed by atoms with E-state index in [1.165, 1.54) is 4.90 Å². The summed E-state index contributed by atoms with van der Waals surface area (Å²) in [5.41, 5.74) is 2.97. The second-order valence-corrected chi connectivity index (χ2v) is 6.78. The lowest BCUT2D eigenvalue weighted by atomic mass is 9.86. The third-order valence-electron chi connectivity index (χ3n) is 5.11. The Bertz CT molecular complexity index is 871. The van der Waals surface area contributed by atoms with Gasteiger partial charge in [-0.05, 0) is 56.5 Å². The van der Waals surface area contributed by atoms with E-state index in [-0.39, 0.29) is 12.2 Å². The molecule has 1 aliphatic rings. The first-order valence-electron chi connectivity index (χ1n) is 8.54. The van der Waals surface area contributed by atoms with Gasteiger partial charge >= 0.3 is 0 Å². The number of amides is 1. The van der Waals surface area contributed by atoms with Crippen molar-refractivity contribution in [1.82, 2.24) is 0 Å². The highest BCUT2D eigenvalue weighted by Gasteiger charge is 2.50. The number of rotatable bonds is 4. The van der Waals surface area contributed by atoms with Crippen LogP contribution < -0.4 is 4.90 Å². The first-order valence-corrected chi connectivity index (χ1v) is 8.54. The highest BCUT2D eigenvalue weighted by Crippen LogP contribution is 2.42. The molecule has 2 aromatic rings. The van der Waals surface area contributed by atoms with Gasteiger partial charge < -0.3 is 10.0 Å². The maximum absolute atomic E-state index is 12.9. The summed E-state index contributed by atoms with van der Waals surface area (Å²) in [7, 11) is 0. The number of fused-ring (bicyclic) bond motifs is 1. The molecule has 0 bridgehead atoms. The number of aryl methyl sites for hydroxylation is 3. The van der Waals surface area contributed by atoms with Gasteiger partial charge in [0.15, 0.2) is 11.4 Å². The molecular formula is C21H23NO3. The minimum absolute atomic E-state index is 0.218. The van der Waals surface area contributed by atoms with Gasteiger partial charge in [-0.15, -0.1) is 0 Å². The number of carbonyl (C=O) groups is 2. The average molecular weight is 337 g/mol. The minimum atomic E-state index is -1.80. The standard InChI is InChI=1S/C21H23NO3/c1-5-22-18-9-7-6-8-17(18)21(25,20(22)24)12-19(23)16-11-14(3)13(2)10-15(16)4/h6-11,25H,5,12H2,1-4H3. The molecule has 0 aliphatic carbocycles. The average Bonchev–Trinajstić information content (AvgIpc) is 2.79. The minimum Gasteiger partial charge on any atom is -0.375 e. The molecule has 0 spiro atoms. The van der Waals surface area contributed by atoms with E-state index in [2.05, 4.69) is 0 Å². The lowest BCUT2D eigenvalue weighted by Gasteiger charge is -2.22. The smallest absolute Gasteiger partial charge is 0.264 e. The first-order chi connectivity index (χ1) is 11.8. The Morgan fingerprint density at radius 2 is 1.72 bits per heavy atom. The van der Waals surface area contributed by atoms with Gasteiger partial charge in [-0.2, -0.15) is 0 Å². The van der Waals surface area contributed by atoms with Crippen molar-refractivity contribution in [3.63, 3.8) is 0 Å². The van der Waals surface area contributed by atoms with Crippen LogP contribution in [0.25, 0.3) is 0 Å². The van der Waals surface area contributed by atoms with Crippen LogP contribution in [0.1, 0.15) is 46.0 Å². The van der Waals surface area contributed by atoms with Gasteiger partial charge in [0.05, 0.1) is 12.1 Å². The third kappa shape index (κ3) is 2.67. The number of aliphatic hydroxyl groups is 1. The third-order valence-corrected chi connectivity index (χ3v) is 5.11. The maximum atomic E-state index is 12.9. The van der Waals surface area contributed by atoms with Crippen LogP contribution in [0.2, 0.25) is 0 Å². The summed E-state index contributed by atoms with van der Waals surface area (Å²) < 4.78 is 0. The van der Waals surface area contributed by atoms with E-state index in [0.29, 0.717) is 23.4 Å². The van der Waals surface area contributed by atoms with Crippen LogP contribution in [-0.4, -0.2) is 23.3 Å². The predicted molar refractivity (Wildman–Crippen MR) is 98.0 cm³/mol. The summed E-state index contributed by atoms with van der Waals surface area (Å²) in [5, 5.41) is 11.1. The Morgan fingerprint density at radius 1 is 1.08 bits per heavy atom.